The largest absolute Gasteiger partial charge is 0.411 e. The molecule has 108 valence electrons. The van der Waals surface area contributed by atoms with E-state index in [0.29, 0.717) is 17.1 Å². The Balaban J connectivity index is 2.71. The van der Waals surface area contributed by atoms with Crippen molar-refractivity contribution in [1.82, 2.24) is 5.32 Å². The molecule has 19 heavy (non-hydrogen) atoms. The Hall–Kier alpha value is -0.780. The molecule has 0 heterocycles. The summed E-state index contributed by atoms with van der Waals surface area (Å²) in [6.07, 6.45) is -4.15. The Morgan fingerprint density at radius 3 is 2.58 bits per heavy atom. The van der Waals surface area contributed by atoms with Crippen LogP contribution in [0, 0.1) is 0 Å². The van der Waals surface area contributed by atoms with E-state index in [1.165, 1.54) is 0 Å². The molecule has 0 aliphatic rings. The van der Waals surface area contributed by atoms with E-state index in [1.807, 2.05) is 6.92 Å². The number of alkyl halides is 3. The fraction of sp³-hybridized carbons (Fsp3) is 0.538. The van der Waals surface area contributed by atoms with Crippen molar-refractivity contribution in [3.8, 4) is 0 Å². The highest BCUT2D eigenvalue weighted by atomic mass is 35.5. The quantitative estimate of drug-likeness (QED) is 0.769. The lowest BCUT2D eigenvalue weighted by atomic mass is 10.1. The lowest BCUT2D eigenvalue weighted by Crippen LogP contribution is -2.27. The maximum atomic E-state index is 12.2. The van der Waals surface area contributed by atoms with E-state index >= 15 is 0 Å². The molecule has 1 aromatic carbocycles. The van der Waals surface area contributed by atoms with Gasteiger partial charge in [-0.15, -0.1) is 0 Å². The van der Waals surface area contributed by atoms with Gasteiger partial charge in [-0.1, -0.05) is 36.7 Å². The number of hydrogen-bond acceptors (Lipinski definition) is 2. The van der Waals surface area contributed by atoms with Crippen LogP contribution in [0.2, 0.25) is 5.02 Å². The highest BCUT2D eigenvalue weighted by Gasteiger charge is 2.30. The Bertz CT molecular complexity index is 384. The summed E-state index contributed by atoms with van der Waals surface area (Å²) >= 11 is 5.99. The van der Waals surface area contributed by atoms with Gasteiger partial charge < -0.3 is 10.1 Å². The molecule has 1 unspecified atom stereocenters. The van der Waals surface area contributed by atoms with E-state index in [0.717, 1.165) is 13.0 Å². The third-order valence-electron chi connectivity index (χ3n) is 2.46. The summed E-state index contributed by atoms with van der Waals surface area (Å²) in [7, 11) is 0. The first-order valence-corrected chi connectivity index (χ1v) is 6.45. The molecule has 0 radical (unpaired) electrons. The minimum absolute atomic E-state index is 0.299. The monoisotopic (exact) mass is 295 g/mol. The second-order valence-corrected chi connectivity index (χ2v) is 4.55. The summed E-state index contributed by atoms with van der Waals surface area (Å²) in [6, 6.07) is 6.77. The Morgan fingerprint density at radius 1 is 1.32 bits per heavy atom. The van der Waals surface area contributed by atoms with Crippen LogP contribution in [0.4, 0.5) is 13.2 Å². The van der Waals surface area contributed by atoms with Crippen molar-refractivity contribution in [2.24, 2.45) is 0 Å². The van der Waals surface area contributed by atoms with Crippen LogP contribution in [0.3, 0.4) is 0 Å². The first-order valence-electron chi connectivity index (χ1n) is 6.07. The summed E-state index contributed by atoms with van der Waals surface area (Å²) in [4.78, 5) is 0. The first-order chi connectivity index (χ1) is 8.94. The maximum Gasteiger partial charge on any atom is 0.411 e. The van der Waals surface area contributed by atoms with Crippen molar-refractivity contribution in [3.05, 3.63) is 34.9 Å². The molecule has 0 aliphatic carbocycles. The molecular weight excluding hydrogens is 279 g/mol. The fourth-order valence-corrected chi connectivity index (χ4v) is 1.86. The molecule has 2 nitrogen and oxygen atoms in total. The third-order valence-corrected chi connectivity index (χ3v) is 2.80. The Morgan fingerprint density at radius 2 is 2.00 bits per heavy atom. The Labute approximate surface area is 115 Å². The Kier molecular flexibility index (Phi) is 6.62. The molecule has 1 rings (SSSR count). The van der Waals surface area contributed by atoms with E-state index in [2.05, 4.69) is 5.32 Å². The fourth-order valence-electron chi connectivity index (χ4n) is 1.60. The van der Waals surface area contributed by atoms with Gasteiger partial charge in [0.2, 0.25) is 0 Å². The highest BCUT2D eigenvalue weighted by Crippen LogP contribution is 2.27. The van der Waals surface area contributed by atoms with Gasteiger partial charge in [0.25, 0.3) is 0 Å². The van der Waals surface area contributed by atoms with Crippen LogP contribution in [-0.2, 0) is 4.74 Å². The molecule has 0 saturated carbocycles. The van der Waals surface area contributed by atoms with Crippen molar-refractivity contribution < 1.29 is 17.9 Å². The molecule has 1 atom stereocenters. The molecule has 6 heteroatoms. The minimum Gasteiger partial charge on any atom is -0.363 e. The van der Waals surface area contributed by atoms with Crippen molar-refractivity contribution in [2.45, 2.75) is 25.6 Å². The maximum absolute atomic E-state index is 12.2. The van der Waals surface area contributed by atoms with Gasteiger partial charge in [-0.3, -0.25) is 0 Å². The third kappa shape index (κ3) is 6.27. The molecule has 0 fully saturated rings. The van der Waals surface area contributed by atoms with Crippen LogP contribution in [0.25, 0.3) is 0 Å². The zero-order valence-corrected chi connectivity index (χ0v) is 11.4. The average Bonchev–Trinajstić information content (AvgIpc) is 2.33. The number of halogens is 4. The summed E-state index contributed by atoms with van der Waals surface area (Å²) in [5.41, 5.74) is 0.567. The van der Waals surface area contributed by atoms with Crippen molar-refractivity contribution in [2.75, 3.05) is 19.7 Å². The molecule has 0 aromatic heterocycles. The summed E-state index contributed by atoms with van der Waals surface area (Å²) < 4.78 is 41.7. The minimum atomic E-state index is -4.34. The van der Waals surface area contributed by atoms with Crippen LogP contribution >= 0.6 is 11.6 Å². The second-order valence-electron chi connectivity index (χ2n) is 4.14. The topological polar surface area (TPSA) is 21.3 Å². The zero-order chi connectivity index (χ0) is 14.3. The molecular formula is C13H17ClF3NO. The normalized spacial score (nSPS) is 13.5. The van der Waals surface area contributed by atoms with E-state index in [1.54, 1.807) is 24.3 Å². The number of benzene rings is 1. The smallest absolute Gasteiger partial charge is 0.363 e. The first kappa shape index (κ1) is 16.3. The molecule has 0 aliphatic heterocycles. The van der Waals surface area contributed by atoms with E-state index in [9.17, 15) is 13.2 Å². The van der Waals surface area contributed by atoms with E-state index in [4.69, 9.17) is 16.3 Å². The van der Waals surface area contributed by atoms with Crippen LogP contribution in [-0.4, -0.2) is 25.9 Å². The number of hydrogen-bond donors (Lipinski definition) is 1. The molecule has 0 amide bonds. The molecule has 0 spiro atoms. The lowest BCUT2D eigenvalue weighted by molar-refractivity contribution is -0.185. The lowest BCUT2D eigenvalue weighted by Gasteiger charge is -2.21. The van der Waals surface area contributed by atoms with Crippen molar-refractivity contribution >= 4 is 11.6 Å². The average molecular weight is 296 g/mol. The summed E-state index contributed by atoms with van der Waals surface area (Å²) in [5.74, 6) is 0. The van der Waals surface area contributed by atoms with Gasteiger partial charge in [-0.2, -0.15) is 13.2 Å². The molecule has 1 aromatic rings. The SMILES string of the molecule is CCCNCC(OCC(F)(F)F)c1ccccc1Cl. The van der Waals surface area contributed by atoms with Gasteiger partial charge in [-0.25, -0.2) is 0 Å². The van der Waals surface area contributed by atoms with Gasteiger partial charge in [0.15, 0.2) is 0 Å². The van der Waals surface area contributed by atoms with Gasteiger partial charge in [-0.05, 0) is 19.0 Å². The van der Waals surface area contributed by atoms with Gasteiger partial charge in [0, 0.05) is 17.1 Å². The van der Waals surface area contributed by atoms with Gasteiger partial charge >= 0.3 is 6.18 Å². The standard InChI is InChI=1S/C13H17ClF3NO/c1-2-7-18-8-12(19-9-13(15,16)17)10-5-3-4-6-11(10)14/h3-6,12,18H,2,7-9H2,1H3. The van der Waals surface area contributed by atoms with Crippen LogP contribution in [0.15, 0.2) is 24.3 Å². The highest BCUT2D eigenvalue weighted by molar-refractivity contribution is 6.31. The van der Waals surface area contributed by atoms with Gasteiger partial charge in [0.05, 0.1) is 6.10 Å². The number of rotatable bonds is 7. The van der Waals surface area contributed by atoms with E-state index in [-0.39, 0.29) is 0 Å². The van der Waals surface area contributed by atoms with Gasteiger partial charge in [0.1, 0.15) is 6.61 Å². The van der Waals surface area contributed by atoms with Crippen LogP contribution in [0.1, 0.15) is 25.0 Å². The second kappa shape index (κ2) is 7.72. The molecule has 0 bridgehead atoms. The van der Waals surface area contributed by atoms with Crippen molar-refractivity contribution in [3.63, 3.8) is 0 Å². The van der Waals surface area contributed by atoms with Crippen LogP contribution in [0.5, 0.6) is 0 Å². The zero-order valence-electron chi connectivity index (χ0n) is 10.6. The predicted octanol–water partition coefficient (Wildman–Crippen LogP) is 3.96. The van der Waals surface area contributed by atoms with E-state index < -0.39 is 18.9 Å². The molecule has 0 saturated heterocycles. The predicted molar refractivity (Wildman–Crippen MR) is 69.4 cm³/mol. The summed E-state index contributed by atoms with van der Waals surface area (Å²) in [6.45, 7) is 1.72. The summed E-state index contributed by atoms with van der Waals surface area (Å²) in [5, 5.41) is 3.46. The molecule has 1 N–H and O–H groups in total. The number of nitrogens with one attached hydrogen (secondary N) is 1. The van der Waals surface area contributed by atoms with Crippen LogP contribution < -0.4 is 5.32 Å². The number of ether oxygens (including phenoxy) is 1. The van der Waals surface area contributed by atoms with Crippen molar-refractivity contribution in [1.29, 1.82) is 0 Å².